The minimum absolute atomic E-state index is 0.0514. The summed E-state index contributed by atoms with van der Waals surface area (Å²) in [6.07, 6.45) is 3.63. The molecule has 0 bridgehead atoms. The number of nitrogens with one attached hydrogen (secondary N) is 2. The van der Waals surface area contributed by atoms with Gasteiger partial charge in [0.25, 0.3) is 0 Å². The van der Waals surface area contributed by atoms with E-state index in [0.717, 1.165) is 39.4 Å². The molecule has 0 spiro atoms. The average molecular weight is 496 g/mol. The summed E-state index contributed by atoms with van der Waals surface area (Å²) in [6.45, 7) is 8.29. The standard InChI is InChI=1S/C30H30FN5O/c1-19-8-14-25(15-9-19)33-29-28(23-10-12-24(31)13-11-23)34-26-18-35(16-17-36(26)29)30(37)22(4)32-27-20(2)6-5-7-21(27)3/h5-17,22,32-33H,18H2,1-4H3. The van der Waals surface area contributed by atoms with Crippen LogP contribution in [-0.4, -0.2) is 26.4 Å². The van der Waals surface area contributed by atoms with Crippen molar-refractivity contribution >= 4 is 29.3 Å². The normalized spacial score (nSPS) is 13.3. The van der Waals surface area contributed by atoms with Gasteiger partial charge < -0.3 is 15.5 Å². The minimum atomic E-state index is -0.423. The third-order valence-electron chi connectivity index (χ3n) is 6.62. The zero-order valence-electron chi connectivity index (χ0n) is 21.4. The van der Waals surface area contributed by atoms with Crippen molar-refractivity contribution in [3.05, 3.63) is 101 Å². The topological polar surface area (TPSA) is 62.2 Å². The summed E-state index contributed by atoms with van der Waals surface area (Å²) >= 11 is 0. The lowest BCUT2D eigenvalue weighted by atomic mass is 10.1. The number of carbonyl (C=O) groups is 1. The molecule has 37 heavy (non-hydrogen) atoms. The van der Waals surface area contributed by atoms with E-state index in [1.165, 1.54) is 12.1 Å². The Balaban J connectivity index is 1.44. The van der Waals surface area contributed by atoms with Gasteiger partial charge in [-0.15, -0.1) is 0 Å². The van der Waals surface area contributed by atoms with Crippen molar-refractivity contribution in [2.45, 2.75) is 40.3 Å². The lowest BCUT2D eigenvalue weighted by Gasteiger charge is -2.27. The van der Waals surface area contributed by atoms with Gasteiger partial charge in [-0.05, 0) is 75.2 Å². The van der Waals surface area contributed by atoms with E-state index in [1.54, 1.807) is 23.2 Å². The molecule has 7 heteroatoms. The fraction of sp³-hybridized carbons (Fsp3) is 0.200. The molecule has 5 rings (SSSR count). The average Bonchev–Trinajstić information content (AvgIpc) is 3.25. The Morgan fingerprint density at radius 3 is 2.30 bits per heavy atom. The van der Waals surface area contributed by atoms with Gasteiger partial charge in [0.1, 0.15) is 29.2 Å². The van der Waals surface area contributed by atoms with Gasteiger partial charge in [0, 0.05) is 29.3 Å². The van der Waals surface area contributed by atoms with Gasteiger partial charge in [-0.2, -0.15) is 0 Å². The SMILES string of the molecule is Cc1ccc(Nc2c(-c3ccc(F)cc3)nc3n2C=CN(C(=O)C(C)Nc2c(C)cccc2C)C3)cc1. The Morgan fingerprint density at radius 2 is 1.62 bits per heavy atom. The fourth-order valence-corrected chi connectivity index (χ4v) is 4.53. The molecule has 2 N–H and O–H groups in total. The van der Waals surface area contributed by atoms with Crippen LogP contribution in [0.3, 0.4) is 0 Å². The molecule has 0 saturated carbocycles. The first-order valence-corrected chi connectivity index (χ1v) is 12.3. The summed E-state index contributed by atoms with van der Waals surface area (Å²) < 4.78 is 15.6. The predicted molar refractivity (Wildman–Crippen MR) is 147 cm³/mol. The molecule has 6 nitrogen and oxygen atoms in total. The number of amides is 1. The largest absolute Gasteiger partial charge is 0.373 e. The number of halogens is 1. The molecule has 0 aliphatic carbocycles. The monoisotopic (exact) mass is 495 g/mol. The highest BCUT2D eigenvalue weighted by Crippen LogP contribution is 2.34. The minimum Gasteiger partial charge on any atom is -0.373 e. The van der Waals surface area contributed by atoms with Crippen molar-refractivity contribution in [2.24, 2.45) is 0 Å². The molecule has 0 fully saturated rings. The Bertz CT molecular complexity index is 1450. The maximum Gasteiger partial charge on any atom is 0.249 e. The number of benzene rings is 3. The first-order chi connectivity index (χ1) is 17.8. The fourth-order valence-electron chi connectivity index (χ4n) is 4.53. The molecule has 2 heterocycles. The van der Waals surface area contributed by atoms with Gasteiger partial charge in [0.15, 0.2) is 0 Å². The number of hydrogen-bond donors (Lipinski definition) is 2. The smallest absolute Gasteiger partial charge is 0.249 e. The molecule has 1 aliphatic rings. The van der Waals surface area contributed by atoms with E-state index >= 15 is 0 Å². The zero-order chi connectivity index (χ0) is 26.1. The summed E-state index contributed by atoms with van der Waals surface area (Å²) in [5.41, 5.74) is 6.73. The van der Waals surface area contributed by atoms with Crippen LogP contribution in [0.15, 0.2) is 72.9 Å². The van der Waals surface area contributed by atoms with E-state index in [2.05, 4.69) is 10.6 Å². The Labute approximate surface area is 216 Å². The molecule has 3 aromatic carbocycles. The van der Waals surface area contributed by atoms with Crippen LogP contribution in [0.1, 0.15) is 29.4 Å². The van der Waals surface area contributed by atoms with Crippen LogP contribution in [0.4, 0.5) is 21.6 Å². The maximum atomic E-state index is 13.6. The third kappa shape index (κ3) is 4.98. The van der Waals surface area contributed by atoms with Crippen LogP contribution in [0.5, 0.6) is 0 Å². The van der Waals surface area contributed by atoms with E-state index in [1.807, 2.05) is 80.9 Å². The van der Waals surface area contributed by atoms with Crippen LogP contribution in [0, 0.1) is 26.6 Å². The molecule has 4 aromatic rings. The lowest BCUT2D eigenvalue weighted by molar-refractivity contribution is -0.129. The first kappa shape index (κ1) is 24.3. The molecule has 188 valence electrons. The van der Waals surface area contributed by atoms with Crippen molar-refractivity contribution in [2.75, 3.05) is 10.6 Å². The summed E-state index contributed by atoms with van der Waals surface area (Å²) in [7, 11) is 0. The first-order valence-electron chi connectivity index (χ1n) is 12.3. The maximum absolute atomic E-state index is 13.6. The van der Waals surface area contributed by atoms with E-state index in [-0.39, 0.29) is 11.7 Å². The van der Waals surface area contributed by atoms with Gasteiger partial charge in [-0.3, -0.25) is 9.36 Å². The van der Waals surface area contributed by atoms with Crippen LogP contribution in [0.25, 0.3) is 17.5 Å². The van der Waals surface area contributed by atoms with Crippen LogP contribution < -0.4 is 10.6 Å². The molecule has 0 saturated heterocycles. The van der Waals surface area contributed by atoms with E-state index < -0.39 is 6.04 Å². The molecule has 1 aliphatic heterocycles. The Kier molecular flexibility index (Phi) is 6.53. The number of hydrogen-bond acceptors (Lipinski definition) is 4. The van der Waals surface area contributed by atoms with Crippen molar-refractivity contribution < 1.29 is 9.18 Å². The quantitative estimate of drug-likeness (QED) is 0.315. The Morgan fingerprint density at radius 1 is 0.946 bits per heavy atom. The number of carbonyl (C=O) groups excluding carboxylic acids is 1. The van der Waals surface area contributed by atoms with E-state index in [0.29, 0.717) is 18.1 Å². The molecule has 1 unspecified atom stereocenters. The van der Waals surface area contributed by atoms with Crippen LogP contribution in [0.2, 0.25) is 0 Å². The molecular weight excluding hydrogens is 465 g/mol. The van der Waals surface area contributed by atoms with Crippen LogP contribution >= 0.6 is 0 Å². The van der Waals surface area contributed by atoms with E-state index in [4.69, 9.17) is 4.98 Å². The second-order valence-corrected chi connectivity index (χ2v) is 9.49. The third-order valence-corrected chi connectivity index (χ3v) is 6.62. The van der Waals surface area contributed by atoms with Gasteiger partial charge in [-0.25, -0.2) is 9.37 Å². The summed E-state index contributed by atoms with van der Waals surface area (Å²) in [5.74, 6) is 1.12. The number of fused-ring (bicyclic) bond motifs is 1. The van der Waals surface area contributed by atoms with Crippen molar-refractivity contribution in [1.82, 2.24) is 14.5 Å². The predicted octanol–water partition coefficient (Wildman–Crippen LogP) is 6.63. The zero-order valence-corrected chi connectivity index (χ0v) is 21.4. The Hall–Kier alpha value is -4.39. The second-order valence-electron chi connectivity index (χ2n) is 9.49. The highest BCUT2D eigenvalue weighted by atomic mass is 19.1. The summed E-state index contributed by atoms with van der Waals surface area (Å²) in [4.78, 5) is 19.9. The van der Waals surface area contributed by atoms with Gasteiger partial charge in [0.05, 0.1) is 6.54 Å². The van der Waals surface area contributed by atoms with Gasteiger partial charge >= 0.3 is 0 Å². The molecule has 1 atom stereocenters. The molecular formula is C30H30FN5O. The van der Waals surface area contributed by atoms with Crippen molar-refractivity contribution in [3.63, 3.8) is 0 Å². The summed E-state index contributed by atoms with van der Waals surface area (Å²) in [5, 5.41) is 6.86. The van der Waals surface area contributed by atoms with Crippen molar-refractivity contribution in [1.29, 1.82) is 0 Å². The summed E-state index contributed by atoms with van der Waals surface area (Å²) in [6, 6.07) is 20.0. The molecule has 1 amide bonds. The number of imidazole rings is 1. The van der Waals surface area contributed by atoms with Crippen LogP contribution in [-0.2, 0) is 11.3 Å². The van der Waals surface area contributed by atoms with Gasteiger partial charge in [-0.1, -0.05) is 35.9 Å². The molecule has 0 radical (unpaired) electrons. The number of aromatic nitrogens is 2. The van der Waals surface area contributed by atoms with Crippen molar-refractivity contribution in [3.8, 4) is 11.3 Å². The number of nitrogens with zero attached hydrogens (tertiary/aromatic N) is 3. The highest BCUT2D eigenvalue weighted by molar-refractivity contribution is 5.87. The lowest BCUT2D eigenvalue weighted by Crippen LogP contribution is -2.39. The second kappa shape index (κ2) is 9.93. The number of anilines is 3. The number of aryl methyl sites for hydroxylation is 3. The number of para-hydroxylation sites is 1. The number of rotatable bonds is 6. The van der Waals surface area contributed by atoms with E-state index in [9.17, 15) is 9.18 Å². The van der Waals surface area contributed by atoms with Gasteiger partial charge in [0.2, 0.25) is 5.91 Å². The highest BCUT2D eigenvalue weighted by Gasteiger charge is 2.27. The molecule has 1 aromatic heterocycles.